The van der Waals surface area contributed by atoms with E-state index in [1.807, 2.05) is 36.4 Å². The number of hydrogen-bond acceptors (Lipinski definition) is 7. The van der Waals surface area contributed by atoms with Crippen LogP contribution in [0.4, 0.5) is 0 Å². The van der Waals surface area contributed by atoms with Crippen LogP contribution in [-0.2, 0) is 23.7 Å². The number of nitrogens with zero attached hydrogens (tertiary/aromatic N) is 1. The number of rotatable bonds is 15. The Morgan fingerprint density at radius 2 is 1.25 bits per heavy atom. The third-order valence-electron chi connectivity index (χ3n) is 4.25. The molecule has 0 saturated carbocycles. The number of hydrogen-bond donors (Lipinski definition) is 0. The predicted octanol–water partition coefficient (Wildman–Crippen LogP) is 3.77. The lowest BCUT2D eigenvalue weighted by molar-refractivity contribution is -0.140. The van der Waals surface area contributed by atoms with Crippen LogP contribution >= 0.6 is 0 Å². The molecule has 0 spiro atoms. The summed E-state index contributed by atoms with van der Waals surface area (Å²) in [5.41, 5.74) is 3.13. The summed E-state index contributed by atoms with van der Waals surface area (Å²) in [4.78, 5) is 11.2. The average Bonchev–Trinajstić information content (AvgIpc) is 2.82. The van der Waals surface area contributed by atoms with Gasteiger partial charge < -0.3 is 23.7 Å². The molecule has 0 atom stereocenters. The Kier molecular flexibility index (Phi) is 11.6. The molecule has 0 fully saturated rings. The molecule has 2 rings (SSSR count). The van der Waals surface area contributed by atoms with Crippen molar-refractivity contribution >= 4 is 5.97 Å². The lowest BCUT2D eigenvalue weighted by atomic mass is 10.0. The molecular weight excluding hydrogens is 410 g/mol. The molecule has 0 heterocycles. The van der Waals surface area contributed by atoms with Crippen LogP contribution in [0.15, 0.2) is 60.7 Å². The normalized spacial score (nSPS) is 10.4. The number of esters is 1. The zero-order valence-electron chi connectivity index (χ0n) is 18.4. The van der Waals surface area contributed by atoms with Gasteiger partial charge in [-0.05, 0) is 42.3 Å². The molecule has 0 aliphatic rings. The van der Waals surface area contributed by atoms with Crippen molar-refractivity contribution in [2.45, 2.75) is 6.92 Å². The van der Waals surface area contributed by atoms with Crippen molar-refractivity contribution in [3.63, 3.8) is 0 Å². The van der Waals surface area contributed by atoms with Gasteiger partial charge in [-0.2, -0.15) is 5.26 Å². The summed E-state index contributed by atoms with van der Waals surface area (Å²) >= 11 is 0. The van der Waals surface area contributed by atoms with E-state index in [2.05, 4.69) is 12.6 Å². The van der Waals surface area contributed by atoms with Crippen molar-refractivity contribution < 1.29 is 28.5 Å². The highest BCUT2D eigenvalue weighted by Gasteiger charge is 2.02. The minimum Gasteiger partial charge on any atom is -0.491 e. The molecule has 7 nitrogen and oxygen atoms in total. The second-order valence-electron chi connectivity index (χ2n) is 6.82. The summed E-state index contributed by atoms with van der Waals surface area (Å²) in [6.45, 7) is 8.34. The van der Waals surface area contributed by atoms with Gasteiger partial charge in [-0.1, -0.05) is 30.8 Å². The van der Waals surface area contributed by atoms with Crippen molar-refractivity contribution in [3.05, 3.63) is 66.2 Å². The summed E-state index contributed by atoms with van der Waals surface area (Å²) in [5, 5.41) is 8.87. The Bertz CT molecular complexity index is 871. The molecule has 0 radical (unpaired) electrons. The summed E-state index contributed by atoms with van der Waals surface area (Å²) < 4.78 is 26.8. The standard InChI is InChI=1S/C25H29NO6/c1-20(2)25(27)32-18-16-30-14-12-28-11-13-29-15-17-31-24-9-7-23(8-10-24)22-5-3-21(19-26)4-6-22/h3-10H,1,11-18H2,2H3. The summed E-state index contributed by atoms with van der Waals surface area (Å²) in [5.74, 6) is 0.361. The molecule has 7 heteroatoms. The average molecular weight is 440 g/mol. The summed E-state index contributed by atoms with van der Waals surface area (Å²) in [6, 6.07) is 17.4. The van der Waals surface area contributed by atoms with Gasteiger partial charge in [0.25, 0.3) is 0 Å². The van der Waals surface area contributed by atoms with Gasteiger partial charge in [-0.25, -0.2) is 4.79 Å². The van der Waals surface area contributed by atoms with Crippen LogP contribution in [0.3, 0.4) is 0 Å². The quantitative estimate of drug-likeness (QED) is 0.237. The van der Waals surface area contributed by atoms with Crippen molar-refractivity contribution in [3.8, 4) is 22.9 Å². The van der Waals surface area contributed by atoms with E-state index >= 15 is 0 Å². The molecular formula is C25H29NO6. The van der Waals surface area contributed by atoms with Crippen LogP contribution in [0.5, 0.6) is 5.75 Å². The number of nitriles is 1. The second kappa shape index (κ2) is 14.8. The van der Waals surface area contributed by atoms with Gasteiger partial charge >= 0.3 is 5.97 Å². The van der Waals surface area contributed by atoms with Gasteiger partial charge in [-0.15, -0.1) is 0 Å². The molecule has 2 aromatic rings. The minimum atomic E-state index is -0.411. The van der Waals surface area contributed by atoms with Crippen LogP contribution in [0.2, 0.25) is 0 Å². The first kappa shape index (κ1) is 25.1. The first-order chi connectivity index (χ1) is 15.6. The second-order valence-corrected chi connectivity index (χ2v) is 6.82. The molecule has 170 valence electrons. The smallest absolute Gasteiger partial charge is 0.333 e. The maximum Gasteiger partial charge on any atom is 0.333 e. The van der Waals surface area contributed by atoms with E-state index in [0.717, 1.165) is 16.9 Å². The SMILES string of the molecule is C=C(C)C(=O)OCCOCCOCCOCCOc1ccc(-c2ccc(C#N)cc2)cc1. The molecule has 0 aliphatic carbocycles. The zero-order chi connectivity index (χ0) is 23.0. The van der Waals surface area contributed by atoms with E-state index in [0.29, 0.717) is 57.4 Å². The maximum absolute atomic E-state index is 11.2. The van der Waals surface area contributed by atoms with E-state index in [-0.39, 0.29) is 6.61 Å². The number of benzene rings is 2. The highest BCUT2D eigenvalue weighted by molar-refractivity contribution is 5.86. The van der Waals surface area contributed by atoms with Crippen molar-refractivity contribution in [1.29, 1.82) is 5.26 Å². The first-order valence-electron chi connectivity index (χ1n) is 10.4. The number of carbonyl (C=O) groups excluding carboxylic acids is 1. The monoisotopic (exact) mass is 439 g/mol. The van der Waals surface area contributed by atoms with E-state index in [1.54, 1.807) is 19.1 Å². The Morgan fingerprint density at radius 3 is 1.75 bits per heavy atom. The first-order valence-corrected chi connectivity index (χ1v) is 10.4. The topological polar surface area (TPSA) is 87.0 Å². The minimum absolute atomic E-state index is 0.201. The van der Waals surface area contributed by atoms with Crippen LogP contribution in [0, 0.1) is 11.3 Å². The van der Waals surface area contributed by atoms with E-state index in [1.165, 1.54) is 0 Å². The molecule has 2 aromatic carbocycles. The third-order valence-corrected chi connectivity index (χ3v) is 4.25. The molecule has 32 heavy (non-hydrogen) atoms. The van der Waals surface area contributed by atoms with Gasteiger partial charge in [0.15, 0.2) is 0 Å². The van der Waals surface area contributed by atoms with Gasteiger partial charge in [0.2, 0.25) is 0 Å². The Morgan fingerprint density at radius 1 is 0.781 bits per heavy atom. The number of ether oxygens (including phenoxy) is 5. The highest BCUT2D eigenvalue weighted by Crippen LogP contribution is 2.22. The van der Waals surface area contributed by atoms with Crippen molar-refractivity contribution in [2.24, 2.45) is 0 Å². The van der Waals surface area contributed by atoms with Crippen LogP contribution in [0.25, 0.3) is 11.1 Å². The fourth-order valence-electron chi connectivity index (χ4n) is 2.56. The largest absolute Gasteiger partial charge is 0.491 e. The fourth-order valence-corrected chi connectivity index (χ4v) is 2.56. The Balaban J connectivity index is 1.45. The lowest BCUT2D eigenvalue weighted by Gasteiger charge is -2.09. The van der Waals surface area contributed by atoms with Crippen molar-refractivity contribution in [1.82, 2.24) is 0 Å². The van der Waals surface area contributed by atoms with E-state index in [9.17, 15) is 4.79 Å². The Labute approximate surface area is 189 Å². The summed E-state index contributed by atoms with van der Waals surface area (Å²) in [6.07, 6.45) is 0. The molecule has 0 unspecified atom stereocenters. The van der Waals surface area contributed by atoms with Gasteiger partial charge in [0.1, 0.15) is 19.0 Å². The highest BCUT2D eigenvalue weighted by atomic mass is 16.6. The molecule has 0 aliphatic heterocycles. The molecule has 0 saturated heterocycles. The van der Waals surface area contributed by atoms with Gasteiger partial charge in [0, 0.05) is 5.57 Å². The van der Waals surface area contributed by atoms with Crippen LogP contribution < -0.4 is 4.74 Å². The Hall–Kier alpha value is -3.18. The summed E-state index contributed by atoms with van der Waals surface area (Å²) in [7, 11) is 0. The predicted molar refractivity (Wildman–Crippen MR) is 120 cm³/mol. The van der Waals surface area contributed by atoms with E-state index < -0.39 is 5.97 Å². The molecule has 0 amide bonds. The van der Waals surface area contributed by atoms with E-state index in [4.69, 9.17) is 28.9 Å². The van der Waals surface area contributed by atoms with Gasteiger partial charge in [0.05, 0.1) is 51.3 Å². The van der Waals surface area contributed by atoms with Gasteiger partial charge in [-0.3, -0.25) is 0 Å². The molecule has 0 bridgehead atoms. The van der Waals surface area contributed by atoms with Crippen LogP contribution in [0.1, 0.15) is 12.5 Å². The molecule has 0 N–H and O–H groups in total. The lowest BCUT2D eigenvalue weighted by Crippen LogP contribution is -2.15. The third kappa shape index (κ3) is 9.75. The fraction of sp³-hybridized carbons (Fsp3) is 0.360. The van der Waals surface area contributed by atoms with Crippen molar-refractivity contribution in [2.75, 3.05) is 52.9 Å². The number of carbonyl (C=O) groups is 1. The maximum atomic E-state index is 11.2. The van der Waals surface area contributed by atoms with Crippen LogP contribution in [-0.4, -0.2) is 58.8 Å². The molecule has 0 aromatic heterocycles. The zero-order valence-corrected chi connectivity index (χ0v) is 18.4.